The van der Waals surface area contributed by atoms with E-state index >= 15 is 0 Å². The maximum absolute atomic E-state index is 11.0. The zero-order valence-electron chi connectivity index (χ0n) is 7.75. The van der Waals surface area contributed by atoms with Gasteiger partial charge in [0.15, 0.2) is 0 Å². The normalized spacial score (nSPS) is 9.58. The van der Waals surface area contributed by atoms with Gasteiger partial charge in [-0.25, -0.2) is 4.79 Å². The smallest absolute Gasteiger partial charge is 0.409 e. The average molecular weight is 175 g/mol. The van der Waals surface area contributed by atoms with Gasteiger partial charge in [0, 0.05) is 13.6 Å². The lowest BCUT2D eigenvalue weighted by Crippen LogP contribution is -2.29. The highest BCUT2D eigenvalue weighted by molar-refractivity contribution is 5.67. The van der Waals surface area contributed by atoms with Crippen LogP contribution < -0.4 is 0 Å². The molecule has 0 aromatic heterocycles. The van der Waals surface area contributed by atoms with E-state index in [1.165, 1.54) is 4.90 Å². The highest BCUT2D eigenvalue weighted by Crippen LogP contribution is 1.94. The number of aliphatic hydroxyl groups excluding tert-OH is 1. The summed E-state index contributed by atoms with van der Waals surface area (Å²) in [6, 6.07) is 0. The number of carbonyl (C=O) groups is 1. The van der Waals surface area contributed by atoms with Crippen LogP contribution in [0.15, 0.2) is 0 Å². The Bertz CT molecular complexity index is 127. The van der Waals surface area contributed by atoms with Crippen LogP contribution in [0.4, 0.5) is 4.79 Å². The predicted molar refractivity (Wildman–Crippen MR) is 46.0 cm³/mol. The van der Waals surface area contributed by atoms with Gasteiger partial charge in [0.25, 0.3) is 0 Å². The van der Waals surface area contributed by atoms with Gasteiger partial charge < -0.3 is 14.7 Å². The van der Waals surface area contributed by atoms with Gasteiger partial charge in [0.1, 0.15) is 6.61 Å². The van der Waals surface area contributed by atoms with Crippen molar-refractivity contribution in [3.05, 3.63) is 0 Å². The molecule has 1 amide bonds. The number of ether oxygens (including phenoxy) is 1. The van der Waals surface area contributed by atoms with E-state index in [4.69, 9.17) is 5.11 Å². The minimum absolute atomic E-state index is 0.0787. The van der Waals surface area contributed by atoms with Gasteiger partial charge in [-0.1, -0.05) is 13.3 Å². The number of hydrogen-bond acceptors (Lipinski definition) is 3. The number of amides is 1. The first kappa shape index (κ1) is 11.2. The Hall–Kier alpha value is -0.770. The van der Waals surface area contributed by atoms with Crippen molar-refractivity contribution in [2.45, 2.75) is 19.8 Å². The molecule has 0 radical (unpaired) electrons. The third-order valence-corrected chi connectivity index (χ3v) is 1.48. The lowest BCUT2D eigenvalue weighted by atomic mass is 10.3. The second kappa shape index (κ2) is 6.91. The first-order valence-electron chi connectivity index (χ1n) is 4.21. The number of hydrogen-bond donors (Lipinski definition) is 1. The third kappa shape index (κ3) is 4.96. The molecular formula is C8H17NO3. The molecule has 1 N–H and O–H groups in total. The molecule has 0 aliphatic carbocycles. The summed E-state index contributed by atoms with van der Waals surface area (Å²) in [4.78, 5) is 12.5. The molecule has 0 bridgehead atoms. The fourth-order valence-corrected chi connectivity index (χ4v) is 0.730. The molecule has 0 spiro atoms. The quantitative estimate of drug-likeness (QED) is 0.673. The monoisotopic (exact) mass is 175 g/mol. The van der Waals surface area contributed by atoms with Crippen molar-refractivity contribution >= 4 is 6.09 Å². The molecule has 0 atom stereocenters. The molecule has 0 aliphatic heterocycles. The lowest BCUT2D eigenvalue weighted by molar-refractivity contribution is 0.0907. The van der Waals surface area contributed by atoms with E-state index in [9.17, 15) is 4.79 Å². The summed E-state index contributed by atoms with van der Waals surface area (Å²) in [5.41, 5.74) is 0. The van der Waals surface area contributed by atoms with Gasteiger partial charge in [-0.3, -0.25) is 0 Å². The summed E-state index contributed by atoms with van der Waals surface area (Å²) in [6.07, 6.45) is 1.67. The topological polar surface area (TPSA) is 49.8 Å². The van der Waals surface area contributed by atoms with Gasteiger partial charge in [-0.2, -0.15) is 0 Å². The summed E-state index contributed by atoms with van der Waals surface area (Å²) in [7, 11) is 1.69. The van der Waals surface area contributed by atoms with Crippen LogP contribution >= 0.6 is 0 Å². The van der Waals surface area contributed by atoms with Gasteiger partial charge in [0.05, 0.1) is 6.61 Å². The van der Waals surface area contributed by atoms with Crippen molar-refractivity contribution in [3.8, 4) is 0 Å². The maximum Gasteiger partial charge on any atom is 0.409 e. The van der Waals surface area contributed by atoms with Crippen molar-refractivity contribution in [1.82, 2.24) is 4.90 Å². The molecule has 0 saturated heterocycles. The van der Waals surface area contributed by atoms with Crippen LogP contribution in [0.1, 0.15) is 19.8 Å². The van der Waals surface area contributed by atoms with E-state index in [1.54, 1.807) is 7.05 Å². The number of nitrogens with zero attached hydrogens (tertiary/aromatic N) is 1. The molecule has 0 rings (SSSR count). The van der Waals surface area contributed by atoms with Crippen LogP contribution in [0, 0.1) is 0 Å². The Morgan fingerprint density at radius 1 is 1.58 bits per heavy atom. The molecule has 0 fully saturated rings. The Morgan fingerprint density at radius 3 is 2.75 bits per heavy atom. The molecular weight excluding hydrogens is 158 g/mol. The number of unbranched alkanes of at least 4 members (excludes halogenated alkanes) is 1. The Kier molecular flexibility index (Phi) is 6.47. The number of rotatable bonds is 5. The minimum Gasteiger partial charge on any atom is -0.447 e. The molecule has 72 valence electrons. The second-order valence-corrected chi connectivity index (χ2v) is 2.61. The molecule has 0 heterocycles. The van der Waals surface area contributed by atoms with Crippen LogP contribution in [-0.4, -0.2) is 42.9 Å². The first-order valence-corrected chi connectivity index (χ1v) is 4.21. The van der Waals surface area contributed by atoms with Crippen molar-refractivity contribution in [2.75, 3.05) is 26.8 Å². The van der Waals surface area contributed by atoms with Gasteiger partial charge in [-0.15, -0.1) is 0 Å². The van der Waals surface area contributed by atoms with Crippen LogP contribution in [0.2, 0.25) is 0 Å². The van der Waals surface area contributed by atoms with Gasteiger partial charge in [0.2, 0.25) is 0 Å². The van der Waals surface area contributed by atoms with Gasteiger partial charge in [-0.05, 0) is 6.42 Å². The van der Waals surface area contributed by atoms with Crippen LogP contribution in [-0.2, 0) is 4.74 Å². The van der Waals surface area contributed by atoms with E-state index in [1.807, 2.05) is 0 Å². The molecule has 0 saturated carbocycles. The predicted octanol–water partition coefficient (Wildman–Crippen LogP) is 0.847. The zero-order chi connectivity index (χ0) is 9.40. The molecule has 12 heavy (non-hydrogen) atoms. The SMILES string of the molecule is CCCCN(C)C(=O)OCCO. The van der Waals surface area contributed by atoms with E-state index in [-0.39, 0.29) is 19.3 Å². The van der Waals surface area contributed by atoms with Crippen LogP contribution in [0.25, 0.3) is 0 Å². The summed E-state index contributed by atoms with van der Waals surface area (Å²) >= 11 is 0. The van der Waals surface area contributed by atoms with Crippen molar-refractivity contribution in [1.29, 1.82) is 0 Å². The summed E-state index contributed by atoms with van der Waals surface area (Å²) in [6.45, 7) is 2.73. The molecule has 0 aromatic rings. The Balaban J connectivity index is 3.47. The summed E-state index contributed by atoms with van der Waals surface area (Å²) in [5, 5.41) is 8.38. The lowest BCUT2D eigenvalue weighted by Gasteiger charge is -2.15. The molecule has 4 heteroatoms. The highest BCUT2D eigenvalue weighted by atomic mass is 16.6. The fourth-order valence-electron chi connectivity index (χ4n) is 0.730. The van der Waals surface area contributed by atoms with Gasteiger partial charge >= 0.3 is 6.09 Å². The van der Waals surface area contributed by atoms with Crippen molar-refractivity contribution in [2.24, 2.45) is 0 Å². The molecule has 0 aromatic carbocycles. The minimum atomic E-state index is -0.363. The first-order chi connectivity index (χ1) is 5.72. The highest BCUT2D eigenvalue weighted by Gasteiger charge is 2.07. The number of aliphatic hydroxyl groups is 1. The van der Waals surface area contributed by atoms with E-state index < -0.39 is 0 Å². The van der Waals surface area contributed by atoms with Crippen LogP contribution in [0.3, 0.4) is 0 Å². The summed E-state index contributed by atoms with van der Waals surface area (Å²) in [5.74, 6) is 0. The Labute approximate surface area is 73.1 Å². The molecule has 4 nitrogen and oxygen atoms in total. The maximum atomic E-state index is 11.0. The molecule has 0 aliphatic rings. The van der Waals surface area contributed by atoms with E-state index in [0.29, 0.717) is 6.54 Å². The zero-order valence-corrected chi connectivity index (χ0v) is 7.75. The molecule has 0 unspecified atom stereocenters. The fraction of sp³-hybridized carbons (Fsp3) is 0.875. The Morgan fingerprint density at radius 2 is 2.25 bits per heavy atom. The van der Waals surface area contributed by atoms with Crippen molar-refractivity contribution < 1.29 is 14.6 Å². The third-order valence-electron chi connectivity index (χ3n) is 1.48. The van der Waals surface area contributed by atoms with Crippen LogP contribution in [0.5, 0.6) is 0 Å². The summed E-state index contributed by atoms with van der Waals surface area (Å²) < 4.78 is 4.69. The van der Waals surface area contributed by atoms with Crippen molar-refractivity contribution in [3.63, 3.8) is 0 Å². The van der Waals surface area contributed by atoms with E-state index in [0.717, 1.165) is 12.8 Å². The van der Waals surface area contributed by atoms with E-state index in [2.05, 4.69) is 11.7 Å². The number of carbonyl (C=O) groups excluding carboxylic acids is 1. The standard InChI is InChI=1S/C8H17NO3/c1-3-4-5-9(2)8(11)12-7-6-10/h10H,3-7H2,1-2H3. The second-order valence-electron chi connectivity index (χ2n) is 2.61. The largest absolute Gasteiger partial charge is 0.447 e. The average Bonchev–Trinajstić information content (AvgIpc) is 2.10.